The molecule has 5 nitrogen and oxygen atoms in total. The van der Waals surface area contributed by atoms with Crippen molar-refractivity contribution in [2.75, 3.05) is 19.6 Å². The number of nitrogens with zero attached hydrogens (tertiary/aromatic N) is 2. The molecular formula is C18H19Cl2N3O2S. The van der Waals surface area contributed by atoms with Gasteiger partial charge in [0.2, 0.25) is 10.0 Å². The van der Waals surface area contributed by atoms with E-state index in [0.717, 1.165) is 5.56 Å². The molecule has 1 aliphatic heterocycles. The molecule has 0 aliphatic carbocycles. The Hall–Kier alpha value is -1.62. The molecule has 26 heavy (non-hydrogen) atoms. The van der Waals surface area contributed by atoms with Crippen molar-refractivity contribution in [3.8, 4) is 6.07 Å². The average molecular weight is 412 g/mol. The second-order valence-corrected chi connectivity index (χ2v) is 8.31. The molecule has 0 bridgehead atoms. The molecule has 1 saturated heterocycles. The summed E-state index contributed by atoms with van der Waals surface area (Å²) < 4.78 is 27.9. The van der Waals surface area contributed by atoms with Crippen LogP contribution < -0.4 is 5.32 Å². The van der Waals surface area contributed by atoms with Gasteiger partial charge in [-0.2, -0.15) is 9.57 Å². The molecule has 1 aliphatic rings. The first-order valence-corrected chi connectivity index (χ1v) is 9.74. The number of hydrogen-bond donors (Lipinski definition) is 1. The molecule has 2 aromatic rings. The Labute approximate surface area is 165 Å². The highest BCUT2D eigenvalue weighted by Crippen LogP contribution is 2.30. The van der Waals surface area contributed by atoms with E-state index in [9.17, 15) is 8.42 Å². The van der Waals surface area contributed by atoms with Gasteiger partial charge in [0, 0.05) is 24.7 Å². The molecule has 138 valence electrons. The first-order chi connectivity index (χ1) is 11.9. The fourth-order valence-corrected chi connectivity index (χ4v) is 4.93. The fourth-order valence-electron chi connectivity index (χ4n) is 3.03. The molecule has 1 unspecified atom stereocenters. The normalized spacial score (nSPS) is 18.0. The van der Waals surface area contributed by atoms with Gasteiger partial charge in [0.25, 0.3) is 0 Å². The molecule has 1 heterocycles. The second-order valence-electron chi connectivity index (χ2n) is 5.98. The molecule has 0 aromatic heterocycles. The van der Waals surface area contributed by atoms with Crippen molar-refractivity contribution in [3.63, 3.8) is 0 Å². The monoisotopic (exact) mass is 411 g/mol. The number of rotatable bonds is 3. The Balaban J connectivity index is 0.00000243. The number of piperazine rings is 1. The smallest absolute Gasteiger partial charge is 0.243 e. The lowest BCUT2D eigenvalue weighted by atomic mass is 10.1. The van der Waals surface area contributed by atoms with Crippen LogP contribution in [0.5, 0.6) is 0 Å². The molecule has 3 rings (SSSR count). The number of sulfonamides is 1. The van der Waals surface area contributed by atoms with Gasteiger partial charge in [-0.05, 0) is 48.4 Å². The van der Waals surface area contributed by atoms with Crippen molar-refractivity contribution < 1.29 is 8.42 Å². The molecule has 0 spiro atoms. The van der Waals surface area contributed by atoms with Gasteiger partial charge in [-0.15, -0.1) is 12.4 Å². The lowest BCUT2D eigenvalue weighted by molar-refractivity contribution is 0.271. The third kappa shape index (κ3) is 4.03. The van der Waals surface area contributed by atoms with E-state index < -0.39 is 10.0 Å². The minimum atomic E-state index is -3.68. The first-order valence-electron chi connectivity index (χ1n) is 7.92. The fraction of sp³-hybridized carbons (Fsp3) is 0.278. The summed E-state index contributed by atoms with van der Waals surface area (Å²) in [4.78, 5) is 0.206. The largest absolute Gasteiger partial charge is 0.313 e. The van der Waals surface area contributed by atoms with Crippen LogP contribution in [0.2, 0.25) is 5.02 Å². The van der Waals surface area contributed by atoms with Crippen molar-refractivity contribution in [1.82, 2.24) is 9.62 Å². The summed E-state index contributed by atoms with van der Waals surface area (Å²) in [6.07, 6.45) is 0. The molecule has 1 atom stereocenters. The van der Waals surface area contributed by atoms with Gasteiger partial charge in [0.15, 0.2) is 0 Å². The molecule has 0 amide bonds. The summed E-state index contributed by atoms with van der Waals surface area (Å²) in [5, 5.41) is 12.9. The standard InChI is InChI=1S/C18H18ClN3O2S.ClH/c1-13-9-17(6-5-15(13)11-20)25(23,24)22-8-7-21-12-18(22)14-3-2-4-16(19)10-14;/h2-6,9-10,18,21H,7-8,12H2,1H3;1H. The quantitative estimate of drug-likeness (QED) is 0.840. The minimum absolute atomic E-state index is 0. The van der Waals surface area contributed by atoms with Crippen LogP contribution in [0, 0.1) is 18.3 Å². The highest BCUT2D eigenvalue weighted by Gasteiger charge is 2.34. The Bertz CT molecular complexity index is 942. The summed E-state index contributed by atoms with van der Waals surface area (Å²) in [6.45, 7) is 3.22. The van der Waals surface area contributed by atoms with Crippen molar-refractivity contribution in [2.45, 2.75) is 17.9 Å². The van der Waals surface area contributed by atoms with Crippen LogP contribution in [-0.2, 0) is 10.0 Å². The van der Waals surface area contributed by atoms with Crippen LogP contribution >= 0.6 is 24.0 Å². The van der Waals surface area contributed by atoms with E-state index in [1.165, 1.54) is 10.4 Å². The van der Waals surface area contributed by atoms with Gasteiger partial charge in [0.05, 0.1) is 22.6 Å². The molecule has 2 aromatic carbocycles. The van der Waals surface area contributed by atoms with Gasteiger partial charge < -0.3 is 5.32 Å². The van der Waals surface area contributed by atoms with E-state index in [1.807, 2.05) is 12.1 Å². The predicted molar refractivity (Wildman–Crippen MR) is 104 cm³/mol. The predicted octanol–water partition coefficient (Wildman–Crippen LogP) is 3.28. The van der Waals surface area contributed by atoms with E-state index >= 15 is 0 Å². The van der Waals surface area contributed by atoms with Crippen molar-refractivity contribution >= 4 is 34.0 Å². The maximum atomic E-state index is 13.2. The Morgan fingerprint density at radius 1 is 1.27 bits per heavy atom. The van der Waals surface area contributed by atoms with Crippen molar-refractivity contribution in [2.24, 2.45) is 0 Å². The number of benzene rings is 2. The van der Waals surface area contributed by atoms with Crippen LogP contribution in [0.4, 0.5) is 0 Å². The van der Waals surface area contributed by atoms with Crippen LogP contribution in [0.1, 0.15) is 22.7 Å². The highest BCUT2D eigenvalue weighted by molar-refractivity contribution is 7.89. The van der Waals surface area contributed by atoms with Gasteiger partial charge in [-0.3, -0.25) is 0 Å². The average Bonchev–Trinajstić information content (AvgIpc) is 2.61. The molecule has 0 saturated carbocycles. The molecular weight excluding hydrogens is 393 g/mol. The number of nitriles is 1. The zero-order valence-corrected chi connectivity index (χ0v) is 16.5. The molecule has 8 heteroatoms. The summed E-state index contributed by atoms with van der Waals surface area (Å²) in [5.74, 6) is 0. The minimum Gasteiger partial charge on any atom is -0.313 e. The number of halogens is 2. The van der Waals surface area contributed by atoms with Gasteiger partial charge in [-0.1, -0.05) is 23.7 Å². The Kier molecular flexibility index (Phi) is 6.67. The lowest BCUT2D eigenvalue weighted by Gasteiger charge is -2.35. The van der Waals surface area contributed by atoms with E-state index in [0.29, 0.717) is 35.8 Å². The van der Waals surface area contributed by atoms with Crippen LogP contribution in [0.25, 0.3) is 0 Å². The SMILES string of the molecule is Cc1cc(S(=O)(=O)N2CCNCC2c2cccc(Cl)c2)ccc1C#N.Cl. The summed E-state index contributed by atoms with van der Waals surface area (Å²) >= 11 is 6.08. The maximum absolute atomic E-state index is 13.2. The third-order valence-electron chi connectivity index (χ3n) is 4.35. The van der Waals surface area contributed by atoms with Crippen LogP contribution in [-0.4, -0.2) is 32.4 Å². The van der Waals surface area contributed by atoms with Gasteiger partial charge in [-0.25, -0.2) is 8.42 Å². The maximum Gasteiger partial charge on any atom is 0.243 e. The van der Waals surface area contributed by atoms with E-state index in [4.69, 9.17) is 16.9 Å². The number of nitrogens with one attached hydrogen (secondary N) is 1. The first kappa shape index (κ1) is 20.7. The Morgan fingerprint density at radius 2 is 2.04 bits per heavy atom. The molecule has 1 fully saturated rings. The van der Waals surface area contributed by atoms with Gasteiger partial charge >= 0.3 is 0 Å². The zero-order chi connectivity index (χ0) is 18.0. The van der Waals surface area contributed by atoms with E-state index in [1.54, 1.807) is 31.2 Å². The number of aryl methyl sites for hydroxylation is 1. The highest BCUT2D eigenvalue weighted by atomic mass is 35.5. The summed E-state index contributed by atoms with van der Waals surface area (Å²) in [6, 6.07) is 13.6. The van der Waals surface area contributed by atoms with E-state index in [-0.39, 0.29) is 23.3 Å². The summed E-state index contributed by atoms with van der Waals surface area (Å²) in [5.41, 5.74) is 1.98. The number of hydrogen-bond acceptors (Lipinski definition) is 4. The van der Waals surface area contributed by atoms with Crippen LogP contribution in [0.3, 0.4) is 0 Å². The van der Waals surface area contributed by atoms with Crippen LogP contribution in [0.15, 0.2) is 47.4 Å². The second kappa shape index (κ2) is 8.38. The summed E-state index contributed by atoms with van der Waals surface area (Å²) in [7, 11) is -3.68. The van der Waals surface area contributed by atoms with Gasteiger partial charge in [0.1, 0.15) is 0 Å². The third-order valence-corrected chi connectivity index (χ3v) is 6.49. The topological polar surface area (TPSA) is 73.2 Å². The Morgan fingerprint density at radius 3 is 2.69 bits per heavy atom. The van der Waals surface area contributed by atoms with E-state index in [2.05, 4.69) is 11.4 Å². The van der Waals surface area contributed by atoms with Crippen molar-refractivity contribution in [3.05, 3.63) is 64.2 Å². The lowest BCUT2D eigenvalue weighted by Crippen LogP contribution is -2.48. The molecule has 0 radical (unpaired) electrons. The van der Waals surface area contributed by atoms with Crippen molar-refractivity contribution in [1.29, 1.82) is 5.26 Å². The molecule has 1 N–H and O–H groups in total. The zero-order valence-electron chi connectivity index (χ0n) is 14.1.